The lowest BCUT2D eigenvalue weighted by Gasteiger charge is -2.28. The van der Waals surface area contributed by atoms with Crippen LogP contribution in [0.5, 0.6) is 0 Å². The summed E-state index contributed by atoms with van der Waals surface area (Å²) in [7, 11) is 0. The quantitative estimate of drug-likeness (QED) is 0.550. The number of primary amides is 1. The average Bonchev–Trinajstić information content (AvgIpc) is 2.60. The van der Waals surface area contributed by atoms with E-state index in [0.717, 1.165) is 17.5 Å². The number of hydrogen-bond donors (Lipinski definition) is 3. The van der Waals surface area contributed by atoms with Crippen LogP contribution in [0, 0.1) is 0 Å². The normalized spacial score (nSPS) is 15.2. The number of rotatable bonds is 5. The summed E-state index contributed by atoms with van der Waals surface area (Å²) >= 11 is 0. The largest absolute Gasteiger partial charge is 0.364 e. The van der Waals surface area contributed by atoms with Crippen molar-refractivity contribution in [3.8, 4) is 0 Å². The van der Waals surface area contributed by atoms with Gasteiger partial charge in [0.15, 0.2) is 5.71 Å². The molecule has 7 heteroatoms. The molecule has 1 heterocycles. The molecule has 1 aliphatic heterocycles. The zero-order chi connectivity index (χ0) is 20.3. The predicted molar refractivity (Wildman–Crippen MR) is 112 cm³/mol. The molecule has 0 saturated carbocycles. The number of nitrogens with one attached hydrogen (secondary N) is 2. The van der Waals surface area contributed by atoms with Gasteiger partial charge in [0.25, 0.3) is 5.91 Å². The number of carbonyl (C=O) groups excluding carboxylic acids is 2. The monoisotopic (exact) mass is 377 g/mol. The molecule has 0 spiro atoms. The van der Waals surface area contributed by atoms with Crippen LogP contribution in [0.4, 0.5) is 11.4 Å². The number of nitrogens with two attached hydrogens (primary N) is 1. The Hall–Kier alpha value is -3.48. The van der Waals surface area contributed by atoms with E-state index in [-0.39, 0.29) is 17.2 Å². The van der Waals surface area contributed by atoms with E-state index in [4.69, 9.17) is 10.7 Å². The molecule has 0 atom stereocenters. The Kier molecular flexibility index (Phi) is 5.26. The molecule has 28 heavy (non-hydrogen) atoms. The first-order chi connectivity index (χ1) is 13.2. The number of amides is 2. The van der Waals surface area contributed by atoms with Crippen molar-refractivity contribution in [1.82, 2.24) is 0 Å². The van der Waals surface area contributed by atoms with Gasteiger partial charge >= 0.3 is 0 Å². The number of fused-ring (bicyclic) bond motifs is 1. The van der Waals surface area contributed by atoms with E-state index in [9.17, 15) is 9.59 Å². The molecule has 0 aromatic heterocycles. The van der Waals surface area contributed by atoms with Gasteiger partial charge in [0.1, 0.15) is 0 Å². The summed E-state index contributed by atoms with van der Waals surface area (Å²) < 4.78 is 0. The minimum atomic E-state index is -0.670. The average molecular weight is 377 g/mol. The Morgan fingerprint density at radius 1 is 1.11 bits per heavy atom. The van der Waals surface area contributed by atoms with Gasteiger partial charge in [-0.1, -0.05) is 30.3 Å². The molecule has 3 rings (SSSR count). The van der Waals surface area contributed by atoms with Crippen LogP contribution in [0.25, 0.3) is 0 Å². The summed E-state index contributed by atoms with van der Waals surface area (Å²) in [6.45, 7) is 5.45. The fourth-order valence-electron chi connectivity index (χ4n) is 3.17. The van der Waals surface area contributed by atoms with Crippen LogP contribution >= 0.6 is 0 Å². The third-order valence-electron chi connectivity index (χ3n) is 4.25. The maximum absolute atomic E-state index is 12.2. The first-order valence-corrected chi connectivity index (χ1v) is 8.95. The van der Waals surface area contributed by atoms with E-state index >= 15 is 0 Å². The molecule has 0 aliphatic carbocycles. The molecule has 2 aromatic rings. The van der Waals surface area contributed by atoms with Gasteiger partial charge in [-0.2, -0.15) is 5.10 Å². The fourth-order valence-corrected chi connectivity index (χ4v) is 3.17. The SMILES string of the molecule is CC(=O)Nc1cccc(N/N=C(\C(N)=O)C2=NC(C)(C)Cc3ccccc32)c1. The summed E-state index contributed by atoms with van der Waals surface area (Å²) in [5.74, 6) is -0.842. The van der Waals surface area contributed by atoms with Crippen LogP contribution < -0.4 is 16.5 Å². The third kappa shape index (κ3) is 4.43. The highest BCUT2D eigenvalue weighted by atomic mass is 16.1. The van der Waals surface area contributed by atoms with Crippen LogP contribution in [0.1, 0.15) is 31.9 Å². The summed E-state index contributed by atoms with van der Waals surface area (Å²) in [6, 6.07) is 14.8. The molecule has 0 fully saturated rings. The molecule has 0 unspecified atom stereocenters. The van der Waals surface area contributed by atoms with Crippen LogP contribution in [0.3, 0.4) is 0 Å². The van der Waals surface area contributed by atoms with Crippen LogP contribution in [-0.4, -0.2) is 28.8 Å². The minimum Gasteiger partial charge on any atom is -0.364 e. The van der Waals surface area contributed by atoms with E-state index in [1.54, 1.807) is 24.3 Å². The van der Waals surface area contributed by atoms with Crippen molar-refractivity contribution in [2.75, 3.05) is 10.7 Å². The molecule has 0 bridgehead atoms. The maximum Gasteiger partial charge on any atom is 0.271 e. The number of aliphatic imine (C=N–C) groups is 1. The van der Waals surface area contributed by atoms with Gasteiger partial charge in [-0.15, -0.1) is 0 Å². The van der Waals surface area contributed by atoms with Gasteiger partial charge in [0, 0.05) is 18.2 Å². The summed E-state index contributed by atoms with van der Waals surface area (Å²) in [5.41, 5.74) is 11.8. The Morgan fingerprint density at radius 3 is 2.54 bits per heavy atom. The summed E-state index contributed by atoms with van der Waals surface area (Å²) in [6.07, 6.45) is 0.769. The standard InChI is InChI=1S/C21H23N5O2/c1-13(27)23-15-8-6-9-16(11-15)25-26-19(20(22)28)18-17-10-5-4-7-14(17)12-21(2,3)24-18/h4-11,25H,12H2,1-3H3,(H2,22,28)(H,23,27)/b26-19-. The molecule has 0 radical (unpaired) electrons. The zero-order valence-electron chi connectivity index (χ0n) is 16.1. The number of carbonyl (C=O) groups is 2. The lowest BCUT2D eigenvalue weighted by Crippen LogP contribution is -2.38. The van der Waals surface area contributed by atoms with Gasteiger partial charge in [-0.05, 0) is 44.0 Å². The lowest BCUT2D eigenvalue weighted by atomic mass is 9.85. The van der Waals surface area contributed by atoms with E-state index in [0.29, 0.717) is 17.1 Å². The molecule has 2 amide bonds. The number of anilines is 2. The smallest absolute Gasteiger partial charge is 0.271 e. The van der Waals surface area contributed by atoms with Gasteiger partial charge in [0.05, 0.1) is 16.9 Å². The van der Waals surface area contributed by atoms with E-state index in [2.05, 4.69) is 15.8 Å². The first-order valence-electron chi connectivity index (χ1n) is 8.95. The maximum atomic E-state index is 12.2. The lowest BCUT2D eigenvalue weighted by molar-refractivity contribution is -0.114. The number of hydrazone groups is 1. The highest BCUT2D eigenvalue weighted by Crippen LogP contribution is 2.27. The zero-order valence-corrected chi connectivity index (χ0v) is 16.1. The molecule has 0 saturated heterocycles. The highest BCUT2D eigenvalue weighted by molar-refractivity contribution is 6.70. The summed E-state index contributed by atoms with van der Waals surface area (Å²) in [5, 5.41) is 6.95. The van der Waals surface area contributed by atoms with Gasteiger partial charge in [0.2, 0.25) is 5.91 Å². The predicted octanol–water partition coefficient (Wildman–Crippen LogP) is 2.72. The first kappa shape index (κ1) is 19.3. The van der Waals surface area contributed by atoms with Crippen LogP contribution in [0.15, 0.2) is 58.6 Å². The topological polar surface area (TPSA) is 109 Å². The van der Waals surface area contributed by atoms with E-state index in [1.165, 1.54) is 6.92 Å². The fraction of sp³-hybridized carbons (Fsp3) is 0.238. The number of benzene rings is 2. The van der Waals surface area contributed by atoms with Crippen molar-refractivity contribution in [3.63, 3.8) is 0 Å². The molecule has 7 nitrogen and oxygen atoms in total. The Bertz CT molecular complexity index is 992. The number of hydrogen-bond acceptors (Lipinski definition) is 5. The molecule has 2 aromatic carbocycles. The van der Waals surface area contributed by atoms with Crippen molar-refractivity contribution in [1.29, 1.82) is 0 Å². The van der Waals surface area contributed by atoms with Gasteiger partial charge in [-0.25, -0.2) is 0 Å². The van der Waals surface area contributed by atoms with Gasteiger partial charge in [-0.3, -0.25) is 20.0 Å². The van der Waals surface area contributed by atoms with Gasteiger partial charge < -0.3 is 11.1 Å². The van der Waals surface area contributed by atoms with E-state index in [1.807, 2.05) is 38.1 Å². The van der Waals surface area contributed by atoms with Crippen LogP contribution in [-0.2, 0) is 16.0 Å². The molecule has 4 N–H and O–H groups in total. The van der Waals surface area contributed by atoms with Crippen molar-refractivity contribution >= 4 is 34.6 Å². The molecule has 144 valence electrons. The second-order valence-electron chi connectivity index (χ2n) is 7.31. The Balaban J connectivity index is 1.97. The molecule has 1 aliphatic rings. The van der Waals surface area contributed by atoms with Crippen molar-refractivity contribution in [2.24, 2.45) is 15.8 Å². The van der Waals surface area contributed by atoms with Crippen molar-refractivity contribution in [2.45, 2.75) is 32.7 Å². The number of nitrogens with zero attached hydrogens (tertiary/aromatic N) is 2. The Labute approximate surface area is 163 Å². The van der Waals surface area contributed by atoms with Crippen LogP contribution in [0.2, 0.25) is 0 Å². The third-order valence-corrected chi connectivity index (χ3v) is 4.25. The second kappa shape index (κ2) is 7.64. The van der Waals surface area contributed by atoms with Crippen molar-refractivity contribution in [3.05, 3.63) is 59.7 Å². The van der Waals surface area contributed by atoms with Crippen molar-refractivity contribution < 1.29 is 9.59 Å². The highest BCUT2D eigenvalue weighted by Gasteiger charge is 2.30. The second-order valence-corrected chi connectivity index (χ2v) is 7.31. The molecular formula is C21H23N5O2. The minimum absolute atomic E-state index is 0.0603. The molecular weight excluding hydrogens is 354 g/mol. The summed E-state index contributed by atoms with van der Waals surface area (Å²) in [4.78, 5) is 28.1. The Morgan fingerprint density at radius 2 is 1.82 bits per heavy atom. The van der Waals surface area contributed by atoms with E-state index < -0.39 is 5.91 Å².